The number of carbonyl (C=O) groups is 1. The summed E-state index contributed by atoms with van der Waals surface area (Å²) in [6, 6.07) is 6.53. The van der Waals surface area contributed by atoms with Crippen LogP contribution in [0.2, 0.25) is 0 Å². The molecule has 1 amide bonds. The molecule has 152 valence electrons. The van der Waals surface area contributed by atoms with Gasteiger partial charge in [-0.15, -0.1) is 0 Å². The summed E-state index contributed by atoms with van der Waals surface area (Å²) in [5.74, 6) is 1.11. The van der Waals surface area contributed by atoms with E-state index in [4.69, 9.17) is 4.74 Å². The fraction of sp³-hybridized carbons (Fsp3) is 0.545. The lowest BCUT2D eigenvalue weighted by molar-refractivity contribution is -0.132. The summed E-state index contributed by atoms with van der Waals surface area (Å²) >= 11 is 0. The summed E-state index contributed by atoms with van der Waals surface area (Å²) in [7, 11) is 0. The van der Waals surface area contributed by atoms with Crippen LogP contribution in [0.5, 0.6) is 0 Å². The molecular formula is C22H32N4O2. The summed E-state index contributed by atoms with van der Waals surface area (Å²) in [6.07, 6.45) is 4.35. The molecular weight excluding hydrogens is 352 g/mol. The molecule has 6 nitrogen and oxygen atoms in total. The van der Waals surface area contributed by atoms with E-state index < -0.39 is 0 Å². The number of ether oxygens (including phenoxy) is 1. The molecule has 2 aromatic rings. The Labute approximate surface area is 168 Å². The van der Waals surface area contributed by atoms with Crippen LogP contribution < -0.4 is 0 Å². The van der Waals surface area contributed by atoms with Gasteiger partial charge in [-0.05, 0) is 25.0 Å². The first-order valence-electron chi connectivity index (χ1n) is 10.2. The number of aryl methyl sites for hydroxylation is 2. The van der Waals surface area contributed by atoms with E-state index in [1.807, 2.05) is 24.2 Å². The molecule has 1 aliphatic rings. The van der Waals surface area contributed by atoms with Gasteiger partial charge in [0.15, 0.2) is 0 Å². The van der Waals surface area contributed by atoms with Crippen LogP contribution in [-0.2, 0) is 22.6 Å². The largest absolute Gasteiger partial charge is 0.379 e. The first kappa shape index (κ1) is 20.6. The molecule has 3 rings (SSSR count). The van der Waals surface area contributed by atoms with Gasteiger partial charge in [0, 0.05) is 51.5 Å². The van der Waals surface area contributed by atoms with Crippen molar-refractivity contribution in [3.05, 3.63) is 53.1 Å². The summed E-state index contributed by atoms with van der Waals surface area (Å²) in [5, 5.41) is 0. The van der Waals surface area contributed by atoms with Crippen LogP contribution in [0.3, 0.4) is 0 Å². The second kappa shape index (κ2) is 9.85. The Morgan fingerprint density at radius 1 is 1.25 bits per heavy atom. The molecule has 0 aliphatic carbocycles. The highest BCUT2D eigenvalue weighted by atomic mass is 16.5. The van der Waals surface area contributed by atoms with Crippen LogP contribution >= 0.6 is 0 Å². The molecule has 1 fully saturated rings. The van der Waals surface area contributed by atoms with Gasteiger partial charge in [-0.25, -0.2) is 4.98 Å². The summed E-state index contributed by atoms with van der Waals surface area (Å²) < 4.78 is 7.57. The lowest BCUT2D eigenvalue weighted by atomic mass is 10.1. The van der Waals surface area contributed by atoms with Crippen molar-refractivity contribution in [2.45, 2.75) is 40.3 Å². The molecule has 0 unspecified atom stereocenters. The van der Waals surface area contributed by atoms with Gasteiger partial charge in [-0.1, -0.05) is 30.7 Å². The molecule has 0 N–H and O–H groups in total. The SMILES string of the molecule is CCC(=O)N(CCN1CCOCC1)Cc1nccn1Cc1cc(C)ccc1C. The maximum atomic E-state index is 12.5. The van der Waals surface area contributed by atoms with E-state index >= 15 is 0 Å². The Morgan fingerprint density at radius 2 is 2.04 bits per heavy atom. The molecule has 0 bridgehead atoms. The van der Waals surface area contributed by atoms with Gasteiger partial charge in [0.2, 0.25) is 5.91 Å². The highest BCUT2D eigenvalue weighted by Crippen LogP contribution is 2.14. The van der Waals surface area contributed by atoms with Crippen LogP contribution in [0, 0.1) is 13.8 Å². The Morgan fingerprint density at radius 3 is 2.79 bits per heavy atom. The fourth-order valence-corrected chi connectivity index (χ4v) is 3.56. The molecule has 1 saturated heterocycles. The van der Waals surface area contributed by atoms with Gasteiger partial charge >= 0.3 is 0 Å². The number of imidazole rings is 1. The van der Waals surface area contributed by atoms with E-state index in [0.717, 1.165) is 51.8 Å². The molecule has 0 atom stereocenters. The Kier molecular flexibility index (Phi) is 7.23. The molecule has 1 aromatic carbocycles. The zero-order chi connectivity index (χ0) is 19.9. The predicted octanol–water partition coefficient (Wildman–Crippen LogP) is 2.62. The van der Waals surface area contributed by atoms with Crippen LogP contribution in [0.4, 0.5) is 0 Å². The Bertz CT molecular complexity index is 781. The first-order chi connectivity index (χ1) is 13.6. The van der Waals surface area contributed by atoms with Crippen LogP contribution in [-0.4, -0.2) is 64.7 Å². The van der Waals surface area contributed by atoms with E-state index in [9.17, 15) is 4.79 Å². The first-order valence-corrected chi connectivity index (χ1v) is 10.2. The van der Waals surface area contributed by atoms with Gasteiger partial charge in [-0.2, -0.15) is 0 Å². The number of carbonyl (C=O) groups excluding carboxylic acids is 1. The lowest BCUT2D eigenvalue weighted by Crippen LogP contribution is -2.43. The van der Waals surface area contributed by atoms with E-state index in [1.54, 1.807) is 0 Å². The minimum absolute atomic E-state index is 0.176. The van der Waals surface area contributed by atoms with Crippen molar-refractivity contribution in [2.24, 2.45) is 0 Å². The van der Waals surface area contributed by atoms with Crippen LogP contribution in [0.15, 0.2) is 30.6 Å². The maximum Gasteiger partial charge on any atom is 0.222 e. The second-order valence-electron chi connectivity index (χ2n) is 7.52. The minimum atomic E-state index is 0.176. The number of aromatic nitrogens is 2. The monoisotopic (exact) mass is 384 g/mol. The van der Waals surface area contributed by atoms with Crippen molar-refractivity contribution in [1.82, 2.24) is 19.4 Å². The standard InChI is InChI=1S/C22H32N4O2/c1-4-22(27)26(10-9-24-11-13-28-14-12-24)17-21-23-7-8-25(21)16-20-15-18(2)5-6-19(20)3/h5-8,15H,4,9-14,16-17H2,1-3H3. The molecule has 0 spiro atoms. The van der Waals surface area contributed by atoms with Crippen molar-refractivity contribution in [1.29, 1.82) is 0 Å². The third-order valence-electron chi connectivity index (χ3n) is 5.42. The van der Waals surface area contributed by atoms with Gasteiger partial charge in [0.1, 0.15) is 5.82 Å². The Hall–Kier alpha value is -2.18. The molecule has 6 heteroatoms. The Balaban J connectivity index is 1.68. The number of benzene rings is 1. The van der Waals surface area contributed by atoms with Crippen molar-refractivity contribution in [3.63, 3.8) is 0 Å². The average Bonchev–Trinajstić information content (AvgIpc) is 3.14. The van der Waals surface area contributed by atoms with Crippen molar-refractivity contribution >= 4 is 5.91 Å². The quantitative estimate of drug-likeness (QED) is 0.702. The zero-order valence-electron chi connectivity index (χ0n) is 17.4. The average molecular weight is 385 g/mol. The number of hydrogen-bond donors (Lipinski definition) is 0. The van der Waals surface area contributed by atoms with E-state index in [2.05, 4.69) is 46.5 Å². The summed E-state index contributed by atoms with van der Waals surface area (Å²) in [6.45, 7) is 12.6. The predicted molar refractivity (Wildman–Crippen MR) is 110 cm³/mol. The normalized spacial score (nSPS) is 15.0. The molecule has 1 aromatic heterocycles. The molecule has 0 saturated carbocycles. The van der Waals surface area contributed by atoms with E-state index in [-0.39, 0.29) is 5.91 Å². The molecule has 1 aliphatic heterocycles. The summed E-state index contributed by atoms with van der Waals surface area (Å²) in [4.78, 5) is 21.4. The number of amides is 1. The molecule has 2 heterocycles. The number of morpholine rings is 1. The van der Waals surface area contributed by atoms with E-state index in [0.29, 0.717) is 13.0 Å². The molecule has 0 radical (unpaired) electrons. The van der Waals surface area contributed by atoms with Gasteiger partial charge in [0.25, 0.3) is 0 Å². The van der Waals surface area contributed by atoms with Crippen molar-refractivity contribution < 1.29 is 9.53 Å². The van der Waals surface area contributed by atoms with Crippen molar-refractivity contribution in [2.75, 3.05) is 39.4 Å². The third kappa shape index (κ3) is 5.42. The highest BCUT2D eigenvalue weighted by Gasteiger charge is 2.18. The van der Waals surface area contributed by atoms with Gasteiger partial charge in [0.05, 0.1) is 19.8 Å². The molecule has 28 heavy (non-hydrogen) atoms. The zero-order valence-corrected chi connectivity index (χ0v) is 17.4. The number of hydrogen-bond acceptors (Lipinski definition) is 4. The second-order valence-corrected chi connectivity index (χ2v) is 7.52. The van der Waals surface area contributed by atoms with E-state index in [1.165, 1.54) is 16.7 Å². The maximum absolute atomic E-state index is 12.5. The van der Waals surface area contributed by atoms with Gasteiger partial charge < -0.3 is 14.2 Å². The fourth-order valence-electron chi connectivity index (χ4n) is 3.56. The number of nitrogens with zero attached hydrogens (tertiary/aromatic N) is 4. The number of rotatable bonds is 8. The summed E-state index contributed by atoms with van der Waals surface area (Å²) in [5.41, 5.74) is 3.83. The smallest absolute Gasteiger partial charge is 0.222 e. The van der Waals surface area contributed by atoms with Crippen LogP contribution in [0.25, 0.3) is 0 Å². The van der Waals surface area contributed by atoms with Gasteiger partial charge in [-0.3, -0.25) is 9.69 Å². The topological polar surface area (TPSA) is 50.6 Å². The van der Waals surface area contributed by atoms with Crippen molar-refractivity contribution in [3.8, 4) is 0 Å². The van der Waals surface area contributed by atoms with Crippen LogP contribution in [0.1, 0.15) is 35.9 Å². The third-order valence-corrected chi connectivity index (χ3v) is 5.42. The minimum Gasteiger partial charge on any atom is -0.379 e. The lowest BCUT2D eigenvalue weighted by Gasteiger charge is -2.30. The highest BCUT2D eigenvalue weighted by molar-refractivity contribution is 5.75.